The fourth-order valence-electron chi connectivity index (χ4n) is 5.81. The van der Waals surface area contributed by atoms with E-state index in [0.29, 0.717) is 48.4 Å². The van der Waals surface area contributed by atoms with Crippen LogP contribution in [0.1, 0.15) is 46.4 Å². The highest BCUT2D eigenvalue weighted by atomic mass is 35.5. The van der Waals surface area contributed by atoms with E-state index < -0.39 is 5.97 Å². The third-order valence-electron chi connectivity index (χ3n) is 7.84. The Bertz CT molecular complexity index is 1350. The molecule has 0 aliphatic carbocycles. The van der Waals surface area contributed by atoms with Gasteiger partial charge < -0.3 is 19.6 Å². The van der Waals surface area contributed by atoms with E-state index >= 15 is 0 Å². The topological polar surface area (TPSA) is 95.9 Å². The van der Waals surface area contributed by atoms with Gasteiger partial charge in [-0.15, -0.1) is 0 Å². The molecule has 8 nitrogen and oxygen atoms in total. The van der Waals surface area contributed by atoms with E-state index in [9.17, 15) is 14.7 Å². The smallest absolute Gasteiger partial charge is 0.339 e. The van der Waals surface area contributed by atoms with E-state index in [2.05, 4.69) is 9.88 Å². The maximum absolute atomic E-state index is 13.5. The van der Waals surface area contributed by atoms with Gasteiger partial charge in [-0.25, -0.2) is 14.8 Å². The molecule has 1 amide bonds. The highest BCUT2D eigenvalue weighted by Crippen LogP contribution is 2.33. The van der Waals surface area contributed by atoms with Crippen LogP contribution in [0.25, 0.3) is 0 Å². The number of aromatic carboxylic acids is 1. The number of halogens is 1. The van der Waals surface area contributed by atoms with Crippen molar-refractivity contribution < 1.29 is 19.4 Å². The number of methoxy groups -OCH3 is 1. The Morgan fingerprint density at radius 3 is 2.59 bits per heavy atom. The van der Waals surface area contributed by atoms with E-state index in [-0.39, 0.29) is 17.5 Å². The molecule has 9 heteroatoms. The number of hydrogen-bond acceptors (Lipinski definition) is 6. The van der Waals surface area contributed by atoms with Crippen molar-refractivity contribution in [2.24, 2.45) is 5.92 Å². The minimum Gasteiger partial charge on any atom is -0.496 e. The van der Waals surface area contributed by atoms with Crippen molar-refractivity contribution in [3.05, 3.63) is 82.1 Å². The Labute approximate surface area is 233 Å². The molecule has 2 aromatic carbocycles. The summed E-state index contributed by atoms with van der Waals surface area (Å²) in [5.74, 6) is 0.598. The van der Waals surface area contributed by atoms with Crippen molar-refractivity contribution in [2.45, 2.75) is 44.6 Å². The molecule has 2 atom stereocenters. The standard InChI is InChI=1S/C30H33ClN4O4/c1-39-27-12-5-3-9-21(27)16-28(36)35-15-7-6-10-22-18-34(19-26(22)35)30-32-17-23(29(37)38)25(33-30)14-13-20-8-2-4-11-24(20)31/h2-5,8-9,11-12,17,22,26H,6-7,10,13-16,18-19H2,1H3,(H,37,38)/t22-,26+/m1/s1. The number of carbonyl (C=O) groups excluding carboxylic acids is 1. The van der Waals surface area contributed by atoms with Crippen molar-refractivity contribution >= 4 is 29.4 Å². The number of fused-ring (bicyclic) bond motifs is 1. The lowest BCUT2D eigenvalue weighted by Crippen LogP contribution is -2.45. The number of carboxylic acids is 1. The number of likely N-dealkylation sites (tertiary alicyclic amines) is 1. The summed E-state index contributed by atoms with van der Waals surface area (Å²) in [6, 6.07) is 15.3. The zero-order valence-electron chi connectivity index (χ0n) is 22.1. The number of carbonyl (C=O) groups is 2. The highest BCUT2D eigenvalue weighted by molar-refractivity contribution is 6.31. The molecular formula is C30H33ClN4O4. The summed E-state index contributed by atoms with van der Waals surface area (Å²) in [7, 11) is 1.62. The van der Waals surface area contributed by atoms with Crippen LogP contribution in [-0.2, 0) is 24.1 Å². The van der Waals surface area contributed by atoms with Crippen LogP contribution in [0, 0.1) is 5.92 Å². The molecule has 2 saturated heterocycles. The predicted octanol–water partition coefficient (Wildman–Crippen LogP) is 4.68. The van der Waals surface area contributed by atoms with Crippen LogP contribution in [-0.4, -0.2) is 64.6 Å². The fourth-order valence-corrected chi connectivity index (χ4v) is 6.04. The molecule has 3 aromatic rings. The van der Waals surface area contributed by atoms with Gasteiger partial charge in [0.05, 0.1) is 30.8 Å². The normalized spacial score (nSPS) is 18.9. The van der Waals surface area contributed by atoms with E-state index in [0.717, 1.165) is 49.2 Å². The first-order valence-corrected chi connectivity index (χ1v) is 13.8. The Hall–Kier alpha value is -3.65. The van der Waals surface area contributed by atoms with E-state index in [4.69, 9.17) is 21.3 Å². The molecule has 0 saturated carbocycles. The van der Waals surface area contributed by atoms with Gasteiger partial charge in [0.2, 0.25) is 11.9 Å². The number of rotatable bonds is 8. The Morgan fingerprint density at radius 2 is 1.82 bits per heavy atom. The first-order chi connectivity index (χ1) is 18.9. The number of nitrogens with zero attached hydrogens (tertiary/aromatic N) is 4. The number of ether oxygens (including phenoxy) is 1. The van der Waals surface area contributed by atoms with Gasteiger partial charge in [-0.2, -0.15) is 0 Å². The summed E-state index contributed by atoms with van der Waals surface area (Å²) < 4.78 is 5.47. The Kier molecular flexibility index (Phi) is 8.31. The molecule has 0 spiro atoms. The number of para-hydroxylation sites is 1. The lowest BCUT2D eigenvalue weighted by Gasteiger charge is -2.30. The zero-order valence-corrected chi connectivity index (χ0v) is 22.8. The van der Waals surface area contributed by atoms with Crippen molar-refractivity contribution in [3.63, 3.8) is 0 Å². The second-order valence-corrected chi connectivity index (χ2v) is 10.6. The Morgan fingerprint density at radius 1 is 1.05 bits per heavy atom. The van der Waals surface area contributed by atoms with Crippen LogP contribution < -0.4 is 9.64 Å². The second kappa shape index (κ2) is 12.0. The molecule has 0 unspecified atom stereocenters. The van der Waals surface area contributed by atoms with Crippen LogP contribution in [0.4, 0.5) is 5.95 Å². The first kappa shape index (κ1) is 26.9. The van der Waals surface area contributed by atoms with Gasteiger partial charge >= 0.3 is 5.97 Å². The van der Waals surface area contributed by atoms with Crippen LogP contribution in [0.3, 0.4) is 0 Å². The molecule has 39 heavy (non-hydrogen) atoms. The van der Waals surface area contributed by atoms with Crippen molar-refractivity contribution in [2.75, 3.05) is 31.6 Å². The van der Waals surface area contributed by atoms with E-state index in [1.165, 1.54) is 6.20 Å². The molecule has 2 aliphatic heterocycles. The van der Waals surface area contributed by atoms with Crippen molar-refractivity contribution in [1.82, 2.24) is 14.9 Å². The van der Waals surface area contributed by atoms with Gasteiger partial charge in [-0.1, -0.05) is 54.4 Å². The summed E-state index contributed by atoms with van der Waals surface area (Å²) >= 11 is 6.32. The highest BCUT2D eigenvalue weighted by Gasteiger charge is 2.40. The number of benzene rings is 2. The lowest BCUT2D eigenvalue weighted by molar-refractivity contribution is -0.132. The quantitative estimate of drug-likeness (QED) is 0.436. The van der Waals surface area contributed by atoms with Crippen LogP contribution in [0.15, 0.2) is 54.7 Å². The van der Waals surface area contributed by atoms with Gasteiger partial charge in [0.1, 0.15) is 5.75 Å². The molecule has 5 rings (SSSR count). The lowest BCUT2D eigenvalue weighted by atomic mass is 9.98. The average Bonchev–Trinajstić information content (AvgIpc) is 3.26. The summed E-state index contributed by atoms with van der Waals surface area (Å²) in [4.78, 5) is 38.8. The minimum absolute atomic E-state index is 0.0593. The molecule has 0 radical (unpaired) electrons. The maximum Gasteiger partial charge on any atom is 0.339 e. The van der Waals surface area contributed by atoms with Gasteiger partial charge in [-0.3, -0.25) is 4.79 Å². The van der Waals surface area contributed by atoms with Crippen LogP contribution in [0.2, 0.25) is 5.02 Å². The van der Waals surface area contributed by atoms with Gasteiger partial charge in [0, 0.05) is 36.4 Å². The first-order valence-electron chi connectivity index (χ1n) is 13.4. The maximum atomic E-state index is 13.5. The molecule has 1 aromatic heterocycles. The number of aromatic nitrogens is 2. The van der Waals surface area contributed by atoms with Crippen LogP contribution in [0.5, 0.6) is 5.75 Å². The van der Waals surface area contributed by atoms with Gasteiger partial charge in [0.25, 0.3) is 0 Å². The zero-order chi connectivity index (χ0) is 27.4. The third kappa shape index (κ3) is 6.01. The van der Waals surface area contributed by atoms with Gasteiger partial charge in [-0.05, 0) is 49.3 Å². The summed E-state index contributed by atoms with van der Waals surface area (Å²) in [6.45, 7) is 2.09. The number of hydrogen-bond donors (Lipinski definition) is 1. The summed E-state index contributed by atoms with van der Waals surface area (Å²) in [5, 5.41) is 10.4. The van der Waals surface area contributed by atoms with Crippen molar-refractivity contribution in [3.8, 4) is 5.75 Å². The SMILES string of the molecule is COc1ccccc1CC(=O)N1CCCC[C@@H]2CN(c3ncc(C(=O)O)c(CCc4ccccc4Cl)n3)C[C@@H]21. The number of anilines is 1. The largest absolute Gasteiger partial charge is 0.496 e. The molecule has 2 aliphatic rings. The van der Waals surface area contributed by atoms with Gasteiger partial charge in [0.15, 0.2) is 0 Å². The Balaban J connectivity index is 1.35. The van der Waals surface area contributed by atoms with E-state index in [1.54, 1.807) is 7.11 Å². The van der Waals surface area contributed by atoms with E-state index in [1.807, 2.05) is 53.4 Å². The summed E-state index contributed by atoms with van der Waals surface area (Å²) in [6.07, 6.45) is 5.80. The minimum atomic E-state index is -1.05. The molecule has 0 bridgehead atoms. The number of amides is 1. The monoisotopic (exact) mass is 548 g/mol. The third-order valence-corrected chi connectivity index (χ3v) is 8.21. The number of aryl methyl sites for hydroxylation is 2. The van der Waals surface area contributed by atoms with Crippen molar-refractivity contribution in [1.29, 1.82) is 0 Å². The number of carboxylic acid groups (broad SMARTS) is 1. The molecule has 2 fully saturated rings. The van der Waals surface area contributed by atoms with Crippen LogP contribution >= 0.6 is 11.6 Å². The molecular weight excluding hydrogens is 516 g/mol. The molecule has 3 heterocycles. The summed E-state index contributed by atoms with van der Waals surface area (Å²) in [5.41, 5.74) is 2.43. The average molecular weight is 549 g/mol. The molecule has 1 N–H and O–H groups in total. The molecule has 204 valence electrons. The fraction of sp³-hybridized carbons (Fsp3) is 0.400. The predicted molar refractivity (Wildman–Crippen MR) is 150 cm³/mol. The second-order valence-electron chi connectivity index (χ2n) is 10.2.